The molecule has 1 heterocycles. The Morgan fingerprint density at radius 2 is 1.80 bits per heavy atom. The minimum Gasteiger partial charge on any atom is -0.454 e. The molecule has 0 atom stereocenters. The summed E-state index contributed by atoms with van der Waals surface area (Å²) in [7, 11) is 0. The molecule has 0 spiro atoms. The molecule has 2 aromatic rings. The summed E-state index contributed by atoms with van der Waals surface area (Å²) >= 11 is 0. The van der Waals surface area contributed by atoms with Crippen molar-refractivity contribution in [2.24, 2.45) is 0 Å². The molecule has 0 radical (unpaired) electrons. The number of rotatable bonds is 5. The summed E-state index contributed by atoms with van der Waals surface area (Å²) in [5.41, 5.74) is 3.62. The highest BCUT2D eigenvalue weighted by Gasteiger charge is 2.14. The van der Waals surface area contributed by atoms with E-state index in [4.69, 9.17) is 9.47 Å². The quantitative estimate of drug-likeness (QED) is 0.821. The number of anilines is 1. The van der Waals surface area contributed by atoms with Crippen LogP contribution in [0.3, 0.4) is 0 Å². The summed E-state index contributed by atoms with van der Waals surface area (Å²) in [6.07, 6.45) is -0.224. The van der Waals surface area contributed by atoms with E-state index >= 15 is 0 Å². The van der Waals surface area contributed by atoms with Gasteiger partial charge in [-0.1, -0.05) is 18.2 Å². The van der Waals surface area contributed by atoms with E-state index in [0.717, 1.165) is 22.4 Å². The molecule has 0 aromatic heterocycles. The molecule has 2 aromatic carbocycles. The molecule has 1 aliphatic heterocycles. The van der Waals surface area contributed by atoms with Crippen LogP contribution in [0, 0.1) is 13.8 Å². The predicted molar refractivity (Wildman–Crippen MR) is 93.6 cm³/mol. The molecule has 0 aliphatic carbocycles. The fraction of sp³-hybridized carbons (Fsp3) is 0.263. The first-order chi connectivity index (χ1) is 12.0. The van der Waals surface area contributed by atoms with Crippen LogP contribution >= 0.6 is 0 Å². The van der Waals surface area contributed by atoms with Crippen molar-refractivity contribution >= 4 is 17.5 Å². The molecule has 0 saturated heterocycles. The van der Waals surface area contributed by atoms with E-state index in [9.17, 15) is 9.59 Å². The van der Waals surface area contributed by atoms with Crippen molar-refractivity contribution in [1.29, 1.82) is 0 Å². The molecule has 0 unspecified atom stereocenters. The SMILES string of the molecule is Cc1ccc(C)c(NC(=O)CC(=O)NCc2ccc3c(c2)OCO3)c1. The number of amides is 2. The number of carbonyl (C=O) groups is 2. The molecule has 3 rings (SSSR count). The first kappa shape index (κ1) is 16.8. The van der Waals surface area contributed by atoms with Gasteiger partial charge in [0.1, 0.15) is 6.42 Å². The van der Waals surface area contributed by atoms with Gasteiger partial charge in [0, 0.05) is 12.2 Å². The van der Waals surface area contributed by atoms with Crippen LogP contribution in [0.1, 0.15) is 23.1 Å². The molecule has 0 fully saturated rings. The second-order valence-electron chi connectivity index (χ2n) is 6.01. The van der Waals surface area contributed by atoms with Gasteiger partial charge in [0.15, 0.2) is 11.5 Å². The van der Waals surface area contributed by atoms with Crippen molar-refractivity contribution in [2.45, 2.75) is 26.8 Å². The highest BCUT2D eigenvalue weighted by Crippen LogP contribution is 2.32. The molecular formula is C19H20N2O4. The second-order valence-corrected chi connectivity index (χ2v) is 6.01. The van der Waals surface area contributed by atoms with Crippen molar-refractivity contribution in [3.8, 4) is 11.5 Å². The third-order valence-electron chi connectivity index (χ3n) is 3.91. The number of aryl methyl sites for hydroxylation is 2. The Balaban J connectivity index is 1.50. The highest BCUT2D eigenvalue weighted by molar-refractivity contribution is 6.03. The Morgan fingerprint density at radius 1 is 1.00 bits per heavy atom. The number of hydrogen-bond acceptors (Lipinski definition) is 4. The fourth-order valence-corrected chi connectivity index (χ4v) is 2.52. The Hall–Kier alpha value is -3.02. The average Bonchev–Trinajstić information content (AvgIpc) is 3.04. The van der Waals surface area contributed by atoms with Crippen molar-refractivity contribution in [1.82, 2.24) is 5.32 Å². The number of carbonyl (C=O) groups excluding carboxylic acids is 2. The van der Waals surface area contributed by atoms with E-state index in [1.54, 1.807) is 6.07 Å². The van der Waals surface area contributed by atoms with Crippen molar-refractivity contribution < 1.29 is 19.1 Å². The minimum absolute atomic E-state index is 0.212. The third-order valence-corrected chi connectivity index (χ3v) is 3.91. The Morgan fingerprint density at radius 3 is 2.64 bits per heavy atom. The van der Waals surface area contributed by atoms with Gasteiger partial charge < -0.3 is 20.1 Å². The minimum atomic E-state index is -0.336. The van der Waals surface area contributed by atoms with Gasteiger partial charge in [0.05, 0.1) is 0 Å². The molecule has 6 heteroatoms. The van der Waals surface area contributed by atoms with Gasteiger partial charge in [-0.05, 0) is 48.7 Å². The fourth-order valence-electron chi connectivity index (χ4n) is 2.52. The summed E-state index contributed by atoms with van der Waals surface area (Å²) in [6, 6.07) is 11.3. The summed E-state index contributed by atoms with van der Waals surface area (Å²) in [6.45, 7) is 4.40. The Bertz CT molecular complexity index is 817. The lowest BCUT2D eigenvalue weighted by atomic mass is 10.1. The van der Waals surface area contributed by atoms with Crippen LogP contribution in [0.15, 0.2) is 36.4 Å². The first-order valence-corrected chi connectivity index (χ1v) is 8.03. The van der Waals surface area contributed by atoms with Gasteiger partial charge in [-0.3, -0.25) is 9.59 Å². The maximum atomic E-state index is 12.0. The van der Waals surface area contributed by atoms with Crippen LogP contribution < -0.4 is 20.1 Å². The zero-order valence-electron chi connectivity index (χ0n) is 14.2. The lowest BCUT2D eigenvalue weighted by molar-refractivity contribution is -0.126. The van der Waals surface area contributed by atoms with Gasteiger partial charge >= 0.3 is 0 Å². The average molecular weight is 340 g/mol. The Kier molecular flexibility index (Phi) is 4.88. The van der Waals surface area contributed by atoms with E-state index in [-0.39, 0.29) is 25.0 Å². The Labute approximate surface area is 146 Å². The summed E-state index contributed by atoms with van der Waals surface area (Å²) in [4.78, 5) is 24.0. The smallest absolute Gasteiger partial charge is 0.233 e. The van der Waals surface area contributed by atoms with E-state index in [2.05, 4.69) is 10.6 Å². The molecule has 0 bridgehead atoms. The van der Waals surface area contributed by atoms with Gasteiger partial charge in [-0.25, -0.2) is 0 Å². The van der Waals surface area contributed by atoms with Crippen LogP contribution in [0.2, 0.25) is 0 Å². The molecule has 2 N–H and O–H groups in total. The number of benzene rings is 2. The van der Waals surface area contributed by atoms with Crippen LogP contribution in [0.5, 0.6) is 11.5 Å². The van der Waals surface area contributed by atoms with E-state index < -0.39 is 0 Å². The number of fused-ring (bicyclic) bond motifs is 1. The second kappa shape index (κ2) is 7.25. The van der Waals surface area contributed by atoms with Gasteiger partial charge in [0.2, 0.25) is 18.6 Å². The summed E-state index contributed by atoms with van der Waals surface area (Å²) in [5.74, 6) is 0.694. The van der Waals surface area contributed by atoms with Crippen LogP contribution in [0.25, 0.3) is 0 Å². The summed E-state index contributed by atoms with van der Waals surface area (Å²) in [5, 5.41) is 5.51. The largest absolute Gasteiger partial charge is 0.454 e. The van der Waals surface area contributed by atoms with Gasteiger partial charge in [-0.15, -0.1) is 0 Å². The van der Waals surface area contributed by atoms with E-state index in [1.165, 1.54) is 0 Å². The molecule has 130 valence electrons. The molecular weight excluding hydrogens is 320 g/mol. The molecule has 0 saturated carbocycles. The summed E-state index contributed by atoms with van der Waals surface area (Å²) < 4.78 is 10.5. The first-order valence-electron chi connectivity index (χ1n) is 8.03. The van der Waals surface area contributed by atoms with Crippen LogP contribution in [-0.2, 0) is 16.1 Å². The van der Waals surface area contributed by atoms with E-state index in [1.807, 2.05) is 44.2 Å². The number of nitrogens with one attached hydrogen (secondary N) is 2. The maximum Gasteiger partial charge on any atom is 0.233 e. The highest BCUT2D eigenvalue weighted by atomic mass is 16.7. The standard InChI is InChI=1S/C19H20N2O4/c1-12-3-4-13(2)15(7-12)21-19(23)9-18(22)20-10-14-5-6-16-17(8-14)25-11-24-16/h3-8H,9-11H2,1-2H3,(H,20,22)(H,21,23). The number of hydrogen-bond donors (Lipinski definition) is 2. The van der Waals surface area contributed by atoms with Gasteiger partial charge in [-0.2, -0.15) is 0 Å². The van der Waals surface area contributed by atoms with Crippen LogP contribution in [0.4, 0.5) is 5.69 Å². The van der Waals surface area contributed by atoms with Crippen molar-refractivity contribution in [3.63, 3.8) is 0 Å². The van der Waals surface area contributed by atoms with Gasteiger partial charge in [0.25, 0.3) is 0 Å². The molecule has 2 amide bonds. The third kappa shape index (κ3) is 4.29. The van der Waals surface area contributed by atoms with Crippen LogP contribution in [-0.4, -0.2) is 18.6 Å². The van der Waals surface area contributed by atoms with Crippen molar-refractivity contribution in [3.05, 3.63) is 53.1 Å². The molecule has 25 heavy (non-hydrogen) atoms. The van der Waals surface area contributed by atoms with E-state index in [0.29, 0.717) is 18.0 Å². The molecule has 6 nitrogen and oxygen atoms in total. The number of ether oxygens (including phenoxy) is 2. The lowest BCUT2D eigenvalue weighted by Gasteiger charge is -2.10. The topological polar surface area (TPSA) is 76.7 Å². The lowest BCUT2D eigenvalue weighted by Crippen LogP contribution is -2.27. The van der Waals surface area contributed by atoms with Crippen molar-refractivity contribution in [2.75, 3.05) is 12.1 Å². The molecule has 1 aliphatic rings. The monoisotopic (exact) mass is 340 g/mol. The predicted octanol–water partition coefficient (Wildman–Crippen LogP) is 2.68. The zero-order chi connectivity index (χ0) is 17.8. The zero-order valence-corrected chi connectivity index (χ0v) is 14.2. The normalized spacial score (nSPS) is 11.9. The maximum absolute atomic E-state index is 12.0.